The van der Waals surface area contributed by atoms with Crippen LogP contribution in [0.15, 0.2) is 36.5 Å². The van der Waals surface area contributed by atoms with Gasteiger partial charge in [-0.05, 0) is 138 Å². The Labute approximate surface area is 392 Å². The second-order valence-electron chi connectivity index (χ2n) is 19.5. The fourth-order valence-electron chi connectivity index (χ4n) is 11.4. The second-order valence-corrected chi connectivity index (χ2v) is 19.5. The summed E-state index contributed by atoms with van der Waals surface area (Å²) in [4.78, 5) is 75.0. The van der Waals surface area contributed by atoms with Crippen LogP contribution in [0.25, 0.3) is 33.6 Å². The number of carbonyl (C=O) groups excluding carboxylic acids is 4. The summed E-state index contributed by atoms with van der Waals surface area (Å²) in [6, 6.07) is 8.78. The molecule has 9 rings (SSSR count). The molecule has 16 nitrogen and oxygen atoms in total. The van der Waals surface area contributed by atoms with E-state index >= 15 is 0 Å². The number of methoxy groups -OCH3 is 1. The molecular formula is C51H66N8O8. The molecular weight excluding hydrogens is 853 g/mol. The molecule has 2 aromatic heterocycles. The van der Waals surface area contributed by atoms with Crippen molar-refractivity contribution in [3.05, 3.63) is 65.0 Å². The number of aromatic amines is 2. The number of imidazole rings is 2. The standard InChI is InChI=1S/C51H66N8O8/c1-9-26(3)43(56-51(63)65-10-2)48(60)59-28(5)12-18-41(59)47-53-38-16-14-31-22-37-35-15-13-32(21-34(35)25-66-42(37)23-36(31)45(38)55-47)39-24-52-46(54-39)40-17-11-27(4)58(40)49(61)44(57-50(62)64-8)33-19-29(6)67-30(7)20-33/h13,15,21-24,26-30,33,40-41,43-44H,9-12,14,16-20,25H2,1-8H3,(H,52,54)(H,53,55)(H,56,63)(H,57,62)/t26-,27-,28-,29+,30+,40-,41-,43-,44-/m0/s1. The van der Waals surface area contributed by atoms with Crippen molar-refractivity contribution in [2.75, 3.05) is 13.7 Å². The van der Waals surface area contributed by atoms with Gasteiger partial charge in [0.25, 0.3) is 0 Å². The van der Waals surface area contributed by atoms with Crippen LogP contribution in [-0.4, -0.2) is 104 Å². The molecule has 0 bridgehead atoms. The Hall–Kier alpha value is -5.90. The molecule has 4 aromatic rings. The smallest absolute Gasteiger partial charge is 0.407 e. The zero-order chi connectivity index (χ0) is 47.3. The molecule has 4 amide bonds. The lowest BCUT2D eigenvalue weighted by Gasteiger charge is -2.39. The van der Waals surface area contributed by atoms with E-state index < -0.39 is 24.3 Å². The Balaban J connectivity index is 0.936. The van der Waals surface area contributed by atoms with E-state index in [4.69, 9.17) is 28.9 Å². The van der Waals surface area contributed by atoms with Gasteiger partial charge in [-0.25, -0.2) is 19.6 Å². The SMILES string of the molecule is CCOC(=O)N[C@H](C(=O)N1[C@@H](C)CC[C@H]1c1nc2c([nH]1)CCc1cc3c(cc1-2)OCc1cc(-c2cnc([C@@H]4CC[C@H](C)N4C(=O)[C@@H](NC(=O)OC)C4C[C@@H](C)O[C@H](C)C4)[nH]2)ccc1-3)[C@@H](C)CC. The first-order valence-corrected chi connectivity index (χ1v) is 24.4. The Kier molecular flexibility index (Phi) is 13.1. The number of carbonyl (C=O) groups is 4. The van der Waals surface area contributed by atoms with Gasteiger partial charge in [0.15, 0.2) is 0 Å². The van der Waals surface area contributed by atoms with Gasteiger partial charge in [0.2, 0.25) is 11.8 Å². The minimum atomic E-state index is -0.743. The molecule has 1 aliphatic carbocycles. The average molecular weight is 919 g/mol. The third-order valence-electron chi connectivity index (χ3n) is 15.0. The van der Waals surface area contributed by atoms with Crippen molar-refractivity contribution in [3.63, 3.8) is 0 Å². The number of aryl methyl sites for hydroxylation is 2. The fraction of sp³-hybridized carbons (Fsp3) is 0.569. The zero-order valence-corrected chi connectivity index (χ0v) is 40.1. The molecule has 6 heterocycles. The van der Waals surface area contributed by atoms with Crippen molar-refractivity contribution in [1.82, 2.24) is 40.4 Å². The number of hydrogen-bond acceptors (Lipinski definition) is 10. The Morgan fingerprint density at radius 2 is 1.54 bits per heavy atom. The zero-order valence-electron chi connectivity index (χ0n) is 40.1. The van der Waals surface area contributed by atoms with Gasteiger partial charge in [-0.1, -0.05) is 32.4 Å². The monoisotopic (exact) mass is 919 g/mol. The lowest BCUT2D eigenvalue weighted by molar-refractivity contribution is -0.140. The van der Waals surface area contributed by atoms with E-state index in [0.29, 0.717) is 25.3 Å². The summed E-state index contributed by atoms with van der Waals surface area (Å²) in [6.45, 7) is 14.5. The highest BCUT2D eigenvalue weighted by molar-refractivity contribution is 5.88. The second kappa shape index (κ2) is 19.0. The molecule has 3 fully saturated rings. The lowest BCUT2D eigenvalue weighted by atomic mass is 9.85. The quantitative estimate of drug-likeness (QED) is 0.114. The van der Waals surface area contributed by atoms with E-state index in [0.717, 1.165) is 101 Å². The van der Waals surface area contributed by atoms with Gasteiger partial charge in [-0.3, -0.25) is 9.59 Å². The number of fused-ring (bicyclic) bond motifs is 6. The average Bonchev–Trinajstić information content (AvgIpc) is 4.14. The molecule has 2 aromatic carbocycles. The highest BCUT2D eigenvalue weighted by Crippen LogP contribution is 2.46. The van der Waals surface area contributed by atoms with Crippen LogP contribution < -0.4 is 15.4 Å². The summed E-state index contributed by atoms with van der Waals surface area (Å²) in [5, 5.41) is 5.74. The number of H-pyrrole nitrogens is 2. The third kappa shape index (κ3) is 8.89. The van der Waals surface area contributed by atoms with Crippen molar-refractivity contribution in [2.24, 2.45) is 11.8 Å². The van der Waals surface area contributed by atoms with Crippen LogP contribution in [-0.2, 0) is 43.2 Å². The number of aromatic nitrogens is 4. The summed E-state index contributed by atoms with van der Waals surface area (Å²) in [6.07, 6.45) is 7.42. The topological polar surface area (TPSA) is 193 Å². The highest BCUT2D eigenvalue weighted by Gasteiger charge is 2.45. The number of likely N-dealkylation sites (tertiary alicyclic amines) is 2. The van der Waals surface area contributed by atoms with Crippen LogP contribution in [0.2, 0.25) is 0 Å². The van der Waals surface area contributed by atoms with E-state index in [1.807, 2.05) is 43.7 Å². The van der Waals surface area contributed by atoms with Gasteiger partial charge in [-0.2, -0.15) is 0 Å². The van der Waals surface area contributed by atoms with Crippen molar-refractivity contribution in [2.45, 2.75) is 161 Å². The van der Waals surface area contributed by atoms with Gasteiger partial charge in [-0.15, -0.1) is 0 Å². The first kappa shape index (κ1) is 46.2. The van der Waals surface area contributed by atoms with Crippen molar-refractivity contribution >= 4 is 24.0 Å². The third-order valence-corrected chi connectivity index (χ3v) is 15.0. The van der Waals surface area contributed by atoms with Crippen LogP contribution in [0.5, 0.6) is 5.75 Å². The Morgan fingerprint density at radius 1 is 0.821 bits per heavy atom. The molecule has 0 spiro atoms. The summed E-state index contributed by atoms with van der Waals surface area (Å²) in [5.74, 6) is 1.89. The van der Waals surface area contributed by atoms with Crippen LogP contribution in [0, 0.1) is 11.8 Å². The van der Waals surface area contributed by atoms with E-state index in [9.17, 15) is 19.2 Å². The van der Waals surface area contributed by atoms with Gasteiger partial charge >= 0.3 is 12.2 Å². The molecule has 3 saturated heterocycles. The van der Waals surface area contributed by atoms with Crippen LogP contribution in [0.4, 0.5) is 9.59 Å². The Morgan fingerprint density at radius 3 is 2.24 bits per heavy atom. The summed E-state index contributed by atoms with van der Waals surface area (Å²) >= 11 is 0. The molecule has 0 saturated carbocycles. The number of nitrogens with zero attached hydrogens (tertiary/aromatic N) is 4. The Bertz CT molecular complexity index is 2510. The van der Waals surface area contributed by atoms with Crippen molar-refractivity contribution < 1.29 is 38.1 Å². The van der Waals surface area contributed by atoms with Crippen LogP contribution >= 0.6 is 0 Å². The number of benzene rings is 2. The van der Waals surface area contributed by atoms with Gasteiger partial charge in [0.1, 0.15) is 36.1 Å². The van der Waals surface area contributed by atoms with Crippen LogP contribution in [0.1, 0.15) is 134 Å². The molecule has 16 heteroatoms. The maximum Gasteiger partial charge on any atom is 0.407 e. The molecule has 4 N–H and O–H groups in total. The maximum absolute atomic E-state index is 14.5. The van der Waals surface area contributed by atoms with Crippen LogP contribution in [0.3, 0.4) is 0 Å². The summed E-state index contributed by atoms with van der Waals surface area (Å²) in [5.41, 5.74) is 9.22. The number of ether oxygens (including phenoxy) is 4. The minimum Gasteiger partial charge on any atom is -0.488 e. The molecule has 4 aliphatic heterocycles. The molecule has 9 atom stereocenters. The number of nitrogens with one attached hydrogen (secondary N) is 4. The van der Waals surface area contributed by atoms with E-state index in [1.54, 1.807) is 6.92 Å². The maximum atomic E-state index is 14.5. The number of hydrogen-bond donors (Lipinski definition) is 4. The molecule has 0 unspecified atom stereocenters. The highest BCUT2D eigenvalue weighted by atomic mass is 16.5. The van der Waals surface area contributed by atoms with Gasteiger partial charge in [0.05, 0.1) is 55.6 Å². The lowest BCUT2D eigenvalue weighted by Crippen LogP contribution is -2.55. The number of alkyl carbamates (subject to hydrolysis) is 2. The predicted octanol–water partition coefficient (Wildman–Crippen LogP) is 8.32. The molecule has 67 heavy (non-hydrogen) atoms. The van der Waals surface area contributed by atoms with Crippen molar-refractivity contribution in [1.29, 1.82) is 0 Å². The predicted molar refractivity (Wildman–Crippen MR) is 251 cm³/mol. The summed E-state index contributed by atoms with van der Waals surface area (Å²) in [7, 11) is 1.32. The van der Waals surface area contributed by atoms with E-state index in [1.165, 1.54) is 12.7 Å². The first-order valence-electron chi connectivity index (χ1n) is 24.4. The molecule has 0 radical (unpaired) electrons. The van der Waals surface area contributed by atoms with Gasteiger partial charge < -0.3 is 49.3 Å². The number of rotatable bonds is 11. The largest absolute Gasteiger partial charge is 0.488 e. The molecule has 358 valence electrons. The van der Waals surface area contributed by atoms with Gasteiger partial charge in [0, 0.05) is 28.9 Å². The van der Waals surface area contributed by atoms with E-state index in [2.05, 4.69) is 64.8 Å². The fourth-order valence-corrected chi connectivity index (χ4v) is 11.4. The first-order chi connectivity index (χ1) is 32.3. The normalized spacial score (nSPS) is 25.4. The summed E-state index contributed by atoms with van der Waals surface area (Å²) < 4.78 is 22.6. The minimum absolute atomic E-state index is 0.0113. The van der Waals surface area contributed by atoms with E-state index in [-0.39, 0.29) is 66.6 Å². The molecule has 5 aliphatic rings. The van der Waals surface area contributed by atoms with Crippen molar-refractivity contribution in [3.8, 4) is 39.4 Å². The number of amides is 4.